The summed E-state index contributed by atoms with van der Waals surface area (Å²) in [5, 5.41) is 13.9. The summed E-state index contributed by atoms with van der Waals surface area (Å²) in [5.74, 6) is -3.42. The highest BCUT2D eigenvalue weighted by Crippen LogP contribution is 2.05. The van der Waals surface area contributed by atoms with Crippen molar-refractivity contribution in [3.05, 3.63) is 18.2 Å². The summed E-state index contributed by atoms with van der Waals surface area (Å²) in [7, 11) is 0. The number of carbonyl (C=O) groups is 4. The molecule has 0 aliphatic heterocycles. The van der Waals surface area contributed by atoms with Gasteiger partial charge in [-0.05, 0) is 12.3 Å². The Bertz CT molecular complexity index is 660. The molecular weight excluding hydrogens is 356 g/mol. The lowest BCUT2D eigenvalue weighted by Crippen LogP contribution is -2.55. The van der Waals surface area contributed by atoms with Crippen molar-refractivity contribution in [3.63, 3.8) is 0 Å². The quantitative estimate of drug-likeness (QED) is 0.261. The predicted octanol–water partition coefficient (Wildman–Crippen LogP) is -1.74. The van der Waals surface area contributed by atoms with E-state index >= 15 is 0 Å². The van der Waals surface area contributed by atoms with Gasteiger partial charge in [0.2, 0.25) is 17.7 Å². The minimum atomic E-state index is -1.50. The minimum Gasteiger partial charge on any atom is -0.480 e. The number of H-pyrrole nitrogens is 1. The molecule has 0 aliphatic rings. The van der Waals surface area contributed by atoms with Crippen LogP contribution in [0.2, 0.25) is 0 Å². The SMILES string of the molecule is CC(C)C[C@H](N)C(=O)N[C@@H](Cc1cnc[nH]1)C(=O)N[C@@H](CC(N)=O)C(=O)O. The fraction of sp³-hybridized carbons (Fsp3) is 0.562. The smallest absolute Gasteiger partial charge is 0.326 e. The van der Waals surface area contributed by atoms with Crippen LogP contribution in [0.3, 0.4) is 0 Å². The molecule has 11 heteroatoms. The summed E-state index contributed by atoms with van der Waals surface area (Å²) < 4.78 is 0. The van der Waals surface area contributed by atoms with Crippen molar-refractivity contribution in [2.75, 3.05) is 0 Å². The number of amides is 3. The third-order valence-corrected chi connectivity index (χ3v) is 3.69. The molecule has 3 amide bonds. The number of nitrogens with zero attached hydrogens (tertiary/aromatic N) is 1. The van der Waals surface area contributed by atoms with Crippen LogP contribution in [0.5, 0.6) is 0 Å². The molecule has 1 aromatic heterocycles. The van der Waals surface area contributed by atoms with Crippen molar-refractivity contribution in [1.29, 1.82) is 0 Å². The molecule has 1 heterocycles. The number of carbonyl (C=O) groups excluding carboxylic acids is 3. The van der Waals surface area contributed by atoms with Crippen molar-refractivity contribution in [1.82, 2.24) is 20.6 Å². The Hall–Kier alpha value is -2.95. The van der Waals surface area contributed by atoms with E-state index in [4.69, 9.17) is 16.6 Å². The van der Waals surface area contributed by atoms with E-state index < -0.39 is 48.2 Å². The van der Waals surface area contributed by atoms with E-state index in [0.29, 0.717) is 12.1 Å². The van der Waals surface area contributed by atoms with Gasteiger partial charge in [-0.15, -0.1) is 0 Å². The van der Waals surface area contributed by atoms with E-state index in [-0.39, 0.29) is 12.3 Å². The standard InChI is InChI=1S/C16H26N6O5/c1-8(2)3-10(17)14(24)21-11(4-9-6-19-7-20-9)15(25)22-12(16(26)27)5-13(18)23/h6-8,10-12H,3-5,17H2,1-2H3,(H2,18,23)(H,19,20)(H,21,24)(H,22,25)(H,26,27)/t10-,11-,12-/m0/s1. The molecule has 150 valence electrons. The van der Waals surface area contributed by atoms with Gasteiger partial charge in [0.15, 0.2) is 0 Å². The van der Waals surface area contributed by atoms with Gasteiger partial charge in [0.1, 0.15) is 12.1 Å². The molecule has 0 bridgehead atoms. The number of carboxylic acid groups (broad SMARTS) is 1. The van der Waals surface area contributed by atoms with Gasteiger partial charge in [-0.3, -0.25) is 14.4 Å². The molecular formula is C16H26N6O5. The molecule has 0 radical (unpaired) electrons. The van der Waals surface area contributed by atoms with Gasteiger partial charge in [0.05, 0.1) is 18.8 Å². The molecule has 8 N–H and O–H groups in total. The summed E-state index contributed by atoms with van der Waals surface area (Å²) in [4.78, 5) is 53.7. The molecule has 27 heavy (non-hydrogen) atoms. The van der Waals surface area contributed by atoms with Gasteiger partial charge in [-0.25, -0.2) is 9.78 Å². The second kappa shape index (κ2) is 10.3. The van der Waals surface area contributed by atoms with Crippen LogP contribution < -0.4 is 22.1 Å². The second-order valence-corrected chi connectivity index (χ2v) is 6.65. The summed E-state index contributed by atoms with van der Waals surface area (Å²) in [6.07, 6.45) is 2.76. The van der Waals surface area contributed by atoms with Gasteiger partial charge in [0.25, 0.3) is 0 Å². The van der Waals surface area contributed by atoms with Crippen LogP contribution in [0, 0.1) is 5.92 Å². The number of hydrogen-bond donors (Lipinski definition) is 6. The van der Waals surface area contributed by atoms with Gasteiger partial charge >= 0.3 is 5.97 Å². The largest absolute Gasteiger partial charge is 0.480 e. The molecule has 0 spiro atoms. The molecule has 0 fully saturated rings. The Kier molecular flexibility index (Phi) is 8.39. The molecule has 11 nitrogen and oxygen atoms in total. The molecule has 1 aromatic rings. The zero-order valence-corrected chi connectivity index (χ0v) is 15.3. The lowest BCUT2D eigenvalue weighted by Gasteiger charge is -2.22. The molecule has 1 rings (SSSR count). The summed E-state index contributed by atoms with van der Waals surface area (Å²) in [6.45, 7) is 3.81. The van der Waals surface area contributed by atoms with Crippen LogP contribution in [0.4, 0.5) is 0 Å². The zero-order valence-electron chi connectivity index (χ0n) is 15.3. The fourth-order valence-electron chi connectivity index (χ4n) is 2.39. The number of aromatic nitrogens is 2. The minimum absolute atomic E-state index is 0.0366. The van der Waals surface area contributed by atoms with Crippen LogP contribution in [-0.2, 0) is 25.6 Å². The number of rotatable bonds is 11. The van der Waals surface area contributed by atoms with E-state index in [2.05, 4.69) is 20.6 Å². The number of aliphatic carboxylic acids is 1. The maximum absolute atomic E-state index is 12.5. The number of nitrogens with one attached hydrogen (secondary N) is 3. The van der Waals surface area contributed by atoms with E-state index in [9.17, 15) is 19.2 Å². The Morgan fingerprint density at radius 2 is 1.81 bits per heavy atom. The van der Waals surface area contributed by atoms with Crippen molar-refractivity contribution in [3.8, 4) is 0 Å². The Morgan fingerprint density at radius 3 is 2.30 bits per heavy atom. The fourth-order valence-corrected chi connectivity index (χ4v) is 2.39. The monoisotopic (exact) mass is 382 g/mol. The van der Waals surface area contributed by atoms with Gasteiger partial charge in [-0.2, -0.15) is 0 Å². The molecule has 0 saturated carbocycles. The number of nitrogens with two attached hydrogens (primary N) is 2. The molecule has 3 atom stereocenters. The maximum atomic E-state index is 12.5. The Labute approximate surface area is 156 Å². The zero-order chi connectivity index (χ0) is 20.6. The van der Waals surface area contributed by atoms with Gasteiger partial charge < -0.3 is 32.2 Å². The van der Waals surface area contributed by atoms with Crippen LogP contribution in [0.1, 0.15) is 32.4 Å². The maximum Gasteiger partial charge on any atom is 0.326 e. The van der Waals surface area contributed by atoms with E-state index in [1.54, 1.807) is 0 Å². The van der Waals surface area contributed by atoms with E-state index in [1.807, 2.05) is 13.8 Å². The average Bonchev–Trinajstić information content (AvgIpc) is 3.05. The third-order valence-electron chi connectivity index (χ3n) is 3.69. The van der Waals surface area contributed by atoms with E-state index in [1.165, 1.54) is 12.5 Å². The first-order valence-corrected chi connectivity index (χ1v) is 8.44. The second-order valence-electron chi connectivity index (χ2n) is 6.65. The predicted molar refractivity (Wildman–Crippen MR) is 95.0 cm³/mol. The molecule has 0 aliphatic carbocycles. The third kappa shape index (κ3) is 7.86. The average molecular weight is 382 g/mol. The Morgan fingerprint density at radius 1 is 1.19 bits per heavy atom. The summed E-state index contributed by atoms with van der Waals surface area (Å²) in [5.41, 5.74) is 11.4. The van der Waals surface area contributed by atoms with Gasteiger partial charge in [-0.1, -0.05) is 13.8 Å². The van der Waals surface area contributed by atoms with Crippen LogP contribution >= 0.6 is 0 Å². The number of carboxylic acids is 1. The first kappa shape index (κ1) is 22.1. The molecule has 0 unspecified atom stereocenters. The number of imidazole rings is 1. The van der Waals surface area contributed by atoms with Gasteiger partial charge in [0, 0.05) is 18.3 Å². The van der Waals surface area contributed by atoms with E-state index in [0.717, 1.165) is 0 Å². The molecule has 0 saturated heterocycles. The first-order valence-electron chi connectivity index (χ1n) is 8.44. The number of primary amides is 1. The normalized spacial score (nSPS) is 14.2. The summed E-state index contributed by atoms with van der Waals surface area (Å²) in [6, 6.07) is -3.42. The lowest BCUT2D eigenvalue weighted by atomic mass is 10.0. The highest BCUT2D eigenvalue weighted by molar-refractivity contribution is 5.93. The summed E-state index contributed by atoms with van der Waals surface area (Å²) >= 11 is 0. The topological polar surface area (TPSA) is 193 Å². The van der Waals surface area contributed by atoms with Crippen molar-refractivity contribution in [2.45, 2.75) is 51.2 Å². The van der Waals surface area contributed by atoms with Crippen LogP contribution in [-0.4, -0.2) is 56.9 Å². The van der Waals surface area contributed by atoms with Crippen LogP contribution in [0.15, 0.2) is 12.5 Å². The highest BCUT2D eigenvalue weighted by atomic mass is 16.4. The Balaban J connectivity index is 2.89. The van der Waals surface area contributed by atoms with Crippen molar-refractivity contribution >= 4 is 23.7 Å². The van der Waals surface area contributed by atoms with Crippen molar-refractivity contribution < 1.29 is 24.3 Å². The number of aromatic amines is 1. The lowest BCUT2D eigenvalue weighted by molar-refractivity contribution is -0.143. The highest BCUT2D eigenvalue weighted by Gasteiger charge is 2.29. The number of hydrogen-bond acceptors (Lipinski definition) is 6. The van der Waals surface area contributed by atoms with Crippen LogP contribution in [0.25, 0.3) is 0 Å². The van der Waals surface area contributed by atoms with Crippen molar-refractivity contribution in [2.24, 2.45) is 17.4 Å². The molecule has 0 aromatic carbocycles. The first-order chi connectivity index (χ1) is 12.6.